The van der Waals surface area contributed by atoms with Gasteiger partial charge < -0.3 is 11.1 Å². The Kier molecular flexibility index (Phi) is 8.02. The average molecular weight is 480 g/mol. The number of nitro groups is 1. The number of guanidine groups is 1. The van der Waals surface area contributed by atoms with Crippen molar-refractivity contribution in [3.05, 3.63) is 69.3 Å². The van der Waals surface area contributed by atoms with Crippen LogP contribution < -0.4 is 11.1 Å². The molecule has 6 nitrogen and oxygen atoms in total. The molecule has 0 unspecified atom stereocenters. The van der Waals surface area contributed by atoms with Gasteiger partial charge in [-0.3, -0.25) is 15.1 Å². The molecule has 0 spiro atoms. The Hall–Kier alpha value is -2.16. The number of nitrogens with two attached hydrogens (primary N) is 1. The highest BCUT2D eigenvalue weighted by atomic mass is 127. The van der Waals surface area contributed by atoms with E-state index in [1.165, 1.54) is 24.0 Å². The molecule has 27 heavy (non-hydrogen) atoms. The van der Waals surface area contributed by atoms with Crippen LogP contribution in [0.2, 0.25) is 0 Å². The Labute approximate surface area is 176 Å². The number of anilines is 1. The molecule has 144 valence electrons. The van der Waals surface area contributed by atoms with Crippen molar-refractivity contribution in [1.82, 2.24) is 0 Å². The number of hydrogen-bond acceptors (Lipinski definition) is 3. The summed E-state index contributed by atoms with van der Waals surface area (Å²) in [6.45, 7) is 0.663. The van der Waals surface area contributed by atoms with Crippen LogP contribution in [0.25, 0.3) is 0 Å². The van der Waals surface area contributed by atoms with Crippen LogP contribution in [0.4, 0.5) is 11.4 Å². The lowest BCUT2D eigenvalue weighted by Crippen LogP contribution is -2.23. The second-order valence-electron chi connectivity index (χ2n) is 6.61. The Bertz CT molecular complexity index is 806. The predicted molar refractivity (Wildman–Crippen MR) is 120 cm³/mol. The van der Waals surface area contributed by atoms with E-state index in [2.05, 4.69) is 28.5 Å². The minimum Gasteiger partial charge on any atom is -0.370 e. The van der Waals surface area contributed by atoms with Crippen molar-refractivity contribution in [2.75, 3.05) is 11.9 Å². The van der Waals surface area contributed by atoms with Crippen LogP contribution in [0.5, 0.6) is 0 Å². The molecule has 3 N–H and O–H groups in total. The Balaban J connectivity index is 0.00000261. The van der Waals surface area contributed by atoms with Gasteiger partial charge in [-0.25, -0.2) is 0 Å². The lowest BCUT2D eigenvalue weighted by Gasteiger charge is -2.08. The normalized spacial score (nSPS) is 13.0. The molecule has 2 aromatic carbocycles. The van der Waals surface area contributed by atoms with Gasteiger partial charge in [0.05, 0.1) is 4.92 Å². The van der Waals surface area contributed by atoms with E-state index in [4.69, 9.17) is 5.73 Å². The largest absolute Gasteiger partial charge is 0.370 e. The number of hydrogen-bond donors (Lipinski definition) is 2. The fraction of sp³-hybridized carbons (Fsp3) is 0.350. The van der Waals surface area contributed by atoms with E-state index < -0.39 is 0 Å². The van der Waals surface area contributed by atoms with Gasteiger partial charge in [-0.15, -0.1) is 24.0 Å². The average Bonchev–Trinajstić information content (AvgIpc) is 3.09. The molecule has 1 aliphatic rings. The van der Waals surface area contributed by atoms with Crippen LogP contribution >= 0.6 is 24.0 Å². The lowest BCUT2D eigenvalue weighted by atomic mass is 10.1. The van der Waals surface area contributed by atoms with Crippen LogP contribution in [-0.2, 0) is 19.3 Å². The van der Waals surface area contributed by atoms with Crippen molar-refractivity contribution < 1.29 is 4.92 Å². The first-order chi connectivity index (χ1) is 12.6. The quantitative estimate of drug-likeness (QED) is 0.153. The summed E-state index contributed by atoms with van der Waals surface area (Å²) < 4.78 is 0. The molecular formula is C20H25IN4O2. The van der Waals surface area contributed by atoms with Crippen LogP contribution in [0, 0.1) is 10.1 Å². The third-order valence-electron chi connectivity index (χ3n) is 4.67. The molecule has 0 aliphatic heterocycles. The smallest absolute Gasteiger partial charge is 0.269 e. The highest BCUT2D eigenvalue weighted by Crippen LogP contribution is 2.24. The summed E-state index contributed by atoms with van der Waals surface area (Å²) in [4.78, 5) is 14.6. The van der Waals surface area contributed by atoms with Gasteiger partial charge in [0, 0.05) is 24.4 Å². The molecule has 3 rings (SSSR count). The van der Waals surface area contributed by atoms with Crippen LogP contribution in [0.3, 0.4) is 0 Å². The van der Waals surface area contributed by atoms with Crippen LogP contribution in [0.1, 0.15) is 36.0 Å². The molecular weight excluding hydrogens is 455 g/mol. The zero-order chi connectivity index (χ0) is 18.4. The molecule has 0 aromatic heterocycles. The number of nitrogens with one attached hydrogen (secondary N) is 1. The standard InChI is InChI=1S/C20H24N4O2.HI/c21-20(23-18-10-9-16-5-3-6-17(16)14-18)22-13-2-1-4-15-7-11-19(12-8-15)24(25)26;/h7-12,14H,1-6,13H2,(H3,21,22,23);1H. The van der Waals surface area contributed by atoms with Crippen molar-refractivity contribution in [2.24, 2.45) is 10.7 Å². The monoisotopic (exact) mass is 480 g/mol. The number of nitrogens with zero attached hydrogens (tertiary/aromatic N) is 2. The number of unbranched alkanes of at least 4 members (excludes halogenated alkanes) is 1. The van der Waals surface area contributed by atoms with E-state index in [9.17, 15) is 10.1 Å². The van der Waals surface area contributed by atoms with E-state index in [-0.39, 0.29) is 34.6 Å². The van der Waals surface area contributed by atoms with E-state index in [0.29, 0.717) is 12.5 Å². The van der Waals surface area contributed by atoms with Gasteiger partial charge in [0.15, 0.2) is 5.96 Å². The fourth-order valence-electron chi connectivity index (χ4n) is 3.26. The molecule has 0 saturated carbocycles. The zero-order valence-electron chi connectivity index (χ0n) is 15.2. The maximum absolute atomic E-state index is 10.6. The van der Waals surface area contributed by atoms with Crippen molar-refractivity contribution in [2.45, 2.75) is 38.5 Å². The number of fused-ring (bicyclic) bond motifs is 1. The van der Waals surface area contributed by atoms with Crippen LogP contribution in [0.15, 0.2) is 47.5 Å². The number of halogens is 1. The minimum absolute atomic E-state index is 0. The fourth-order valence-corrected chi connectivity index (χ4v) is 3.26. The summed E-state index contributed by atoms with van der Waals surface area (Å²) >= 11 is 0. The van der Waals surface area contributed by atoms with E-state index >= 15 is 0 Å². The van der Waals surface area contributed by atoms with Gasteiger partial charge in [0.25, 0.3) is 5.69 Å². The minimum atomic E-state index is -0.380. The van der Waals surface area contributed by atoms with E-state index in [0.717, 1.165) is 36.9 Å². The van der Waals surface area contributed by atoms with Gasteiger partial charge in [0.1, 0.15) is 0 Å². The van der Waals surface area contributed by atoms with Crippen molar-refractivity contribution in [3.63, 3.8) is 0 Å². The predicted octanol–water partition coefficient (Wildman–Crippen LogP) is 4.45. The third kappa shape index (κ3) is 6.20. The van der Waals surface area contributed by atoms with Gasteiger partial charge in [-0.1, -0.05) is 18.2 Å². The SMILES string of the molecule is I.NC(=NCCCCc1ccc([N+](=O)[O-])cc1)Nc1ccc2c(c1)CCC2. The van der Waals surface area contributed by atoms with Gasteiger partial charge in [-0.2, -0.15) is 0 Å². The van der Waals surface area contributed by atoms with Gasteiger partial charge >= 0.3 is 0 Å². The second kappa shape index (κ2) is 10.2. The molecule has 2 aromatic rings. The maximum atomic E-state index is 10.6. The van der Waals surface area contributed by atoms with Gasteiger partial charge in [0.2, 0.25) is 0 Å². The molecule has 0 heterocycles. The Morgan fingerprint density at radius 3 is 2.59 bits per heavy atom. The number of benzene rings is 2. The third-order valence-corrected chi connectivity index (χ3v) is 4.67. The van der Waals surface area contributed by atoms with E-state index in [1.807, 2.05) is 12.1 Å². The number of non-ortho nitro benzene ring substituents is 1. The van der Waals surface area contributed by atoms with Crippen molar-refractivity contribution >= 4 is 41.3 Å². The topological polar surface area (TPSA) is 93.5 Å². The molecule has 7 heteroatoms. The highest BCUT2D eigenvalue weighted by molar-refractivity contribution is 14.0. The van der Waals surface area contributed by atoms with Crippen LogP contribution in [-0.4, -0.2) is 17.4 Å². The van der Waals surface area contributed by atoms with Gasteiger partial charge in [-0.05, 0) is 67.3 Å². The summed E-state index contributed by atoms with van der Waals surface area (Å²) in [5.41, 5.74) is 11.0. The first-order valence-corrected chi connectivity index (χ1v) is 9.04. The summed E-state index contributed by atoms with van der Waals surface area (Å²) in [6, 6.07) is 13.1. The second-order valence-corrected chi connectivity index (χ2v) is 6.61. The highest BCUT2D eigenvalue weighted by Gasteiger charge is 2.10. The summed E-state index contributed by atoms with van der Waals surface area (Å²) in [5, 5.41) is 13.8. The number of rotatable bonds is 7. The van der Waals surface area contributed by atoms with Crippen molar-refractivity contribution in [3.8, 4) is 0 Å². The molecule has 0 saturated heterocycles. The zero-order valence-corrected chi connectivity index (χ0v) is 17.5. The summed E-state index contributed by atoms with van der Waals surface area (Å²) in [5.74, 6) is 0.443. The van der Waals surface area contributed by atoms with Crippen molar-refractivity contribution in [1.29, 1.82) is 0 Å². The molecule has 0 bridgehead atoms. The number of aliphatic imine (C=N–C) groups is 1. The lowest BCUT2D eigenvalue weighted by molar-refractivity contribution is -0.384. The molecule has 1 aliphatic carbocycles. The molecule has 0 atom stereocenters. The number of nitro benzene ring substituents is 1. The summed E-state index contributed by atoms with van der Waals surface area (Å²) in [6.07, 6.45) is 6.32. The number of aryl methyl sites for hydroxylation is 3. The summed E-state index contributed by atoms with van der Waals surface area (Å²) in [7, 11) is 0. The Morgan fingerprint density at radius 2 is 1.85 bits per heavy atom. The Morgan fingerprint density at radius 1 is 1.11 bits per heavy atom. The molecule has 0 amide bonds. The molecule has 0 fully saturated rings. The maximum Gasteiger partial charge on any atom is 0.269 e. The van der Waals surface area contributed by atoms with E-state index in [1.54, 1.807) is 12.1 Å². The first-order valence-electron chi connectivity index (χ1n) is 9.04. The molecule has 0 radical (unpaired) electrons. The first kappa shape index (κ1) is 21.1.